The first-order valence-corrected chi connectivity index (χ1v) is 6.71. The molecule has 0 aromatic heterocycles. The van der Waals surface area contributed by atoms with Gasteiger partial charge in [0.1, 0.15) is 0 Å². The summed E-state index contributed by atoms with van der Waals surface area (Å²) in [5.41, 5.74) is 11.6. The molecular weight excluding hydrogens is 272 g/mol. The highest BCUT2D eigenvalue weighted by Crippen LogP contribution is 2.30. The maximum absolute atomic E-state index is 11.8. The summed E-state index contributed by atoms with van der Waals surface area (Å²) in [5.74, 6) is -1.04. The van der Waals surface area contributed by atoms with E-state index in [1.54, 1.807) is 24.3 Å². The van der Waals surface area contributed by atoms with Crippen LogP contribution in [0, 0.1) is 5.92 Å². The number of rotatable bonds is 6. The van der Waals surface area contributed by atoms with Crippen LogP contribution in [0.1, 0.15) is 19.3 Å². The van der Waals surface area contributed by atoms with Gasteiger partial charge in [-0.05, 0) is 31.0 Å². The fourth-order valence-corrected chi connectivity index (χ4v) is 1.81. The second-order valence-corrected chi connectivity index (χ2v) is 5.11. The lowest BCUT2D eigenvalue weighted by Gasteiger charge is -2.12. The van der Waals surface area contributed by atoms with Gasteiger partial charge in [-0.15, -0.1) is 0 Å². The Morgan fingerprint density at radius 3 is 2.38 bits per heavy atom. The molecule has 1 atom stereocenters. The summed E-state index contributed by atoms with van der Waals surface area (Å²) in [6, 6.07) is 5.75. The van der Waals surface area contributed by atoms with Gasteiger partial charge in [0, 0.05) is 17.3 Å². The van der Waals surface area contributed by atoms with Crippen LogP contribution in [-0.2, 0) is 14.4 Å². The van der Waals surface area contributed by atoms with Gasteiger partial charge in [0.05, 0.1) is 12.5 Å². The lowest BCUT2D eigenvalue weighted by molar-refractivity contribution is -0.123. The summed E-state index contributed by atoms with van der Waals surface area (Å²) < 4.78 is 0. The van der Waals surface area contributed by atoms with Crippen molar-refractivity contribution in [3.05, 3.63) is 24.3 Å². The predicted octanol–water partition coefficient (Wildman–Crippen LogP) is 0.176. The third-order valence-corrected chi connectivity index (χ3v) is 3.10. The molecule has 0 saturated heterocycles. The van der Waals surface area contributed by atoms with Crippen molar-refractivity contribution in [2.45, 2.75) is 25.3 Å². The van der Waals surface area contributed by atoms with Gasteiger partial charge in [0.25, 0.3) is 0 Å². The maximum atomic E-state index is 11.8. The first kappa shape index (κ1) is 15.0. The van der Waals surface area contributed by atoms with Crippen molar-refractivity contribution in [2.24, 2.45) is 17.4 Å². The van der Waals surface area contributed by atoms with Crippen molar-refractivity contribution in [2.75, 3.05) is 10.6 Å². The topological polar surface area (TPSA) is 127 Å². The van der Waals surface area contributed by atoms with Crippen LogP contribution in [0.5, 0.6) is 0 Å². The summed E-state index contributed by atoms with van der Waals surface area (Å²) in [4.78, 5) is 34.2. The number of carbonyl (C=O) groups excluding carboxylic acids is 3. The molecule has 1 aromatic rings. The van der Waals surface area contributed by atoms with E-state index in [0.717, 1.165) is 12.8 Å². The smallest absolute Gasteiger partial charge is 0.241 e. The molecule has 6 N–H and O–H groups in total. The Hall–Kier alpha value is -2.41. The Morgan fingerprint density at radius 1 is 1.19 bits per heavy atom. The highest BCUT2D eigenvalue weighted by Gasteiger charge is 2.29. The average molecular weight is 290 g/mol. The van der Waals surface area contributed by atoms with Crippen molar-refractivity contribution >= 4 is 29.1 Å². The number of amides is 3. The molecule has 21 heavy (non-hydrogen) atoms. The zero-order valence-corrected chi connectivity index (χ0v) is 11.5. The molecule has 1 aliphatic rings. The highest BCUT2D eigenvalue weighted by molar-refractivity contribution is 5.98. The number of hydrogen-bond donors (Lipinski definition) is 4. The molecule has 0 radical (unpaired) electrons. The molecule has 1 unspecified atom stereocenters. The van der Waals surface area contributed by atoms with E-state index in [-0.39, 0.29) is 18.2 Å². The number of nitrogens with one attached hydrogen (secondary N) is 2. The Labute approximate surface area is 122 Å². The molecule has 112 valence electrons. The third-order valence-electron chi connectivity index (χ3n) is 3.10. The molecule has 0 spiro atoms. The number of carbonyl (C=O) groups is 3. The molecule has 0 bridgehead atoms. The van der Waals surface area contributed by atoms with Crippen LogP contribution < -0.4 is 22.1 Å². The van der Waals surface area contributed by atoms with Gasteiger partial charge in [-0.3, -0.25) is 14.4 Å². The molecule has 1 fully saturated rings. The van der Waals surface area contributed by atoms with E-state index in [9.17, 15) is 14.4 Å². The molecule has 3 amide bonds. The molecule has 1 aliphatic carbocycles. The number of anilines is 2. The number of hydrogen-bond acceptors (Lipinski definition) is 4. The van der Waals surface area contributed by atoms with E-state index in [4.69, 9.17) is 11.5 Å². The van der Waals surface area contributed by atoms with E-state index >= 15 is 0 Å². The molecule has 2 rings (SSSR count). The molecule has 7 nitrogen and oxygen atoms in total. The number of benzene rings is 1. The van der Waals surface area contributed by atoms with Gasteiger partial charge in [0.15, 0.2) is 0 Å². The summed E-state index contributed by atoms with van der Waals surface area (Å²) in [5, 5.41) is 5.37. The minimum absolute atomic E-state index is 0.0103. The van der Waals surface area contributed by atoms with Crippen molar-refractivity contribution in [3.8, 4) is 0 Å². The van der Waals surface area contributed by atoms with E-state index in [1.165, 1.54) is 0 Å². The van der Waals surface area contributed by atoms with Crippen LogP contribution in [0.25, 0.3) is 0 Å². The Morgan fingerprint density at radius 2 is 1.81 bits per heavy atom. The fourth-order valence-electron chi connectivity index (χ4n) is 1.81. The zero-order chi connectivity index (χ0) is 15.4. The Bertz CT molecular complexity index is 569. The quantitative estimate of drug-likeness (QED) is 0.595. The van der Waals surface area contributed by atoms with E-state index < -0.39 is 17.9 Å². The Balaban J connectivity index is 1.95. The summed E-state index contributed by atoms with van der Waals surface area (Å²) in [6.07, 6.45) is 1.62. The minimum atomic E-state index is -0.993. The summed E-state index contributed by atoms with van der Waals surface area (Å²) >= 11 is 0. The van der Waals surface area contributed by atoms with Crippen LogP contribution in [0.15, 0.2) is 24.3 Å². The molecule has 1 aromatic carbocycles. The predicted molar refractivity (Wildman–Crippen MR) is 78.2 cm³/mol. The van der Waals surface area contributed by atoms with Crippen LogP contribution in [0.4, 0.5) is 11.4 Å². The van der Waals surface area contributed by atoms with Gasteiger partial charge < -0.3 is 22.1 Å². The van der Waals surface area contributed by atoms with Crippen molar-refractivity contribution in [1.29, 1.82) is 0 Å². The normalized spacial score (nSPS) is 15.1. The van der Waals surface area contributed by atoms with Crippen molar-refractivity contribution in [3.63, 3.8) is 0 Å². The average Bonchev–Trinajstić information content (AvgIpc) is 3.22. The molecule has 0 heterocycles. The standard InChI is InChI=1S/C14H18N4O3/c15-11(7-12(16)19)14(21)18-10-3-1-2-9(6-10)17-13(20)8-4-5-8/h1-3,6,8,11H,4-5,7,15H2,(H2,16,19)(H,17,20)(H,18,21). The SMILES string of the molecule is NC(=O)CC(N)C(=O)Nc1cccc(NC(=O)C2CC2)c1. The van der Waals surface area contributed by atoms with Crippen molar-refractivity contribution in [1.82, 2.24) is 0 Å². The fraction of sp³-hybridized carbons (Fsp3) is 0.357. The minimum Gasteiger partial charge on any atom is -0.370 e. The largest absolute Gasteiger partial charge is 0.370 e. The molecule has 0 aliphatic heterocycles. The lowest BCUT2D eigenvalue weighted by atomic mass is 10.2. The second-order valence-electron chi connectivity index (χ2n) is 5.11. The second kappa shape index (κ2) is 6.36. The lowest BCUT2D eigenvalue weighted by Crippen LogP contribution is -2.39. The van der Waals surface area contributed by atoms with Gasteiger partial charge in [0.2, 0.25) is 17.7 Å². The van der Waals surface area contributed by atoms with E-state index in [0.29, 0.717) is 11.4 Å². The van der Waals surface area contributed by atoms with Crippen LogP contribution >= 0.6 is 0 Å². The Kier molecular flexibility index (Phi) is 4.54. The van der Waals surface area contributed by atoms with Gasteiger partial charge in [-0.25, -0.2) is 0 Å². The molecular formula is C14H18N4O3. The highest BCUT2D eigenvalue weighted by atomic mass is 16.2. The van der Waals surface area contributed by atoms with E-state index in [2.05, 4.69) is 10.6 Å². The van der Waals surface area contributed by atoms with Crippen LogP contribution in [0.3, 0.4) is 0 Å². The van der Waals surface area contributed by atoms with Gasteiger partial charge >= 0.3 is 0 Å². The van der Waals surface area contributed by atoms with Crippen LogP contribution in [-0.4, -0.2) is 23.8 Å². The summed E-state index contributed by atoms with van der Waals surface area (Å²) in [6.45, 7) is 0. The van der Waals surface area contributed by atoms with E-state index in [1.807, 2.05) is 0 Å². The molecule has 7 heteroatoms. The molecule has 1 saturated carbocycles. The van der Waals surface area contributed by atoms with Gasteiger partial charge in [-0.1, -0.05) is 6.07 Å². The monoisotopic (exact) mass is 290 g/mol. The zero-order valence-electron chi connectivity index (χ0n) is 11.5. The maximum Gasteiger partial charge on any atom is 0.241 e. The van der Waals surface area contributed by atoms with Crippen LogP contribution in [0.2, 0.25) is 0 Å². The number of primary amides is 1. The summed E-state index contributed by atoms with van der Waals surface area (Å²) in [7, 11) is 0. The van der Waals surface area contributed by atoms with Gasteiger partial charge in [-0.2, -0.15) is 0 Å². The first-order chi connectivity index (χ1) is 9.95. The first-order valence-electron chi connectivity index (χ1n) is 6.71. The number of nitrogens with two attached hydrogens (primary N) is 2. The van der Waals surface area contributed by atoms with Crippen molar-refractivity contribution < 1.29 is 14.4 Å². The third kappa shape index (κ3) is 4.57.